The fourth-order valence-corrected chi connectivity index (χ4v) is 4.47. The van der Waals surface area contributed by atoms with Gasteiger partial charge >= 0.3 is 0 Å². The molecule has 2 rings (SSSR count). The van der Waals surface area contributed by atoms with Crippen molar-refractivity contribution in [3.05, 3.63) is 34.9 Å². The van der Waals surface area contributed by atoms with Crippen LogP contribution in [-0.4, -0.2) is 31.6 Å². The Balaban J connectivity index is 2.17. The zero-order chi connectivity index (χ0) is 14.6. The van der Waals surface area contributed by atoms with Crippen LogP contribution >= 0.6 is 11.6 Å². The summed E-state index contributed by atoms with van der Waals surface area (Å²) in [6.07, 6.45) is 3.74. The first-order valence-electron chi connectivity index (χ1n) is 7.26. The first kappa shape index (κ1) is 15.8. The van der Waals surface area contributed by atoms with Gasteiger partial charge in [-0.3, -0.25) is 0 Å². The molecule has 112 valence electrons. The van der Waals surface area contributed by atoms with Crippen molar-refractivity contribution in [2.75, 3.05) is 18.8 Å². The average Bonchev–Trinajstić information content (AvgIpc) is 2.66. The van der Waals surface area contributed by atoms with E-state index < -0.39 is 10.0 Å². The molecule has 0 N–H and O–H groups in total. The lowest BCUT2D eigenvalue weighted by Crippen LogP contribution is -2.35. The Morgan fingerprint density at radius 3 is 2.60 bits per heavy atom. The molecule has 3 nitrogen and oxygen atoms in total. The molecule has 0 amide bonds. The van der Waals surface area contributed by atoms with Crippen LogP contribution in [0.1, 0.15) is 44.1 Å². The Morgan fingerprint density at radius 1 is 1.25 bits per heavy atom. The summed E-state index contributed by atoms with van der Waals surface area (Å²) in [6.45, 7) is 3.17. The van der Waals surface area contributed by atoms with Crippen LogP contribution in [-0.2, 0) is 10.0 Å². The molecule has 1 aliphatic heterocycles. The molecule has 1 aromatic rings. The van der Waals surface area contributed by atoms with Crippen LogP contribution in [0.2, 0.25) is 5.02 Å². The minimum absolute atomic E-state index is 0.250. The number of hydrogen-bond donors (Lipinski definition) is 0. The molecule has 0 aromatic heterocycles. The highest BCUT2D eigenvalue weighted by molar-refractivity contribution is 7.89. The number of rotatable bonds is 4. The predicted molar refractivity (Wildman–Crippen MR) is 83.7 cm³/mol. The van der Waals surface area contributed by atoms with Gasteiger partial charge in [0.2, 0.25) is 10.0 Å². The predicted octanol–water partition coefficient (Wildman–Crippen LogP) is 3.65. The van der Waals surface area contributed by atoms with Gasteiger partial charge in [0, 0.05) is 18.1 Å². The maximum atomic E-state index is 12.3. The molecule has 0 unspecified atom stereocenters. The first-order chi connectivity index (χ1) is 9.53. The van der Waals surface area contributed by atoms with Gasteiger partial charge in [0.05, 0.1) is 5.75 Å². The van der Waals surface area contributed by atoms with E-state index in [1.54, 1.807) is 4.31 Å². The van der Waals surface area contributed by atoms with Gasteiger partial charge in [0.25, 0.3) is 0 Å². The molecule has 1 heterocycles. The second-order valence-electron chi connectivity index (χ2n) is 5.42. The Bertz CT molecular complexity index is 527. The summed E-state index contributed by atoms with van der Waals surface area (Å²) in [7, 11) is -3.10. The van der Waals surface area contributed by atoms with Crippen molar-refractivity contribution in [3.63, 3.8) is 0 Å². The van der Waals surface area contributed by atoms with Crippen molar-refractivity contribution in [1.29, 1.82) is 0 Å². The van der Waals surface area contributed by atoms with Crippen LogP contribution in [0.15, 0.2) is 24.3 Å². The molecule has 1 aromatic carbocycles. The van der Waals surface area contributed by atoms with Gasteiger partial charge in [-0.2, -0.15) is 0 Å². The molecule has 0 saturated carbocycles. The average molecular weight is 316 g/mol. The van der Waals surface area contributed by atoms with Gasteiger partial charge in [-0.05, 0) is 42.9 Å². The fourth-order valence-electron chi connectivity index (χ4n) is 2.75. The third-order valence-electron chi connectivity index (χ3n) is 3.83. The van der Waals surface area contributed by atoms with E-state index in [1.165, 1.54) is 5.56 Å². The summed E-state index contributed by atoms with van der Waals surface area (Å²) in [5.41, 5.74) is 1.19. The molecule has 5 heteroatoms. The maximum absolute atomic E-state index is 12.3. The molecule has 0 aliphatic carbocycles. The second-order valence-corrected chi connectivity index (χ2v) is 7.94. The number of halogens is 1. The molecule has 1 fully saturated rings. The third kappa shape index (κ3) is 3.96. The van der Waals surface area contributed by atoms with Crippen LogP contribution in [0.5, 0.6) is 0 Å². The van der Waals surface area contributed by atoms with Crippen molar-refractivity contribution in [2.24, 2.45) is 0 Å². The van der Waals surface area contributed by atoms with Gasteiger partial charge < -0.3 is 0 Å². The van der Waals surface area contributed by atoms with Crippen LogP contribution in [0, 0.1) is 0 Å². The van der Waals surface area contributed by atoms with Gasteiger partial charge in [-0.25, -0.2) is 12.7 Å². The minimum Gasteiger partial charge on any atom is -0.212 e. The summed E-state index contributed by atoms with van der Waals surface area (Å²) in [6, 6.07) is 7.80. The lowest BCUT2D eigenvalue weighted by Gasteiger charge is -2.24. The monoisotopic (exact) mass is 315 g/mol. The van der Waals surface area contributed by atoms with Gasteiger partial charge in [-0.1, -0.05) is 37.1 Å². The van der Waals surface area contributed by atoms with E-state index in [0.717, 1.165) is 24.3 Å². The van der Waals surface area contributed by atoms with Crippen LogP contribution in [0.25, 0.3) is 0 Å². The number of hydrogen-bond acceptors (Lipinski definition) is 2. The van der Waals surface area contributed by atoms with Gasteiger partial charge in [-0.15, -0.1) is 0 Å². The van der Waals surface area contributed by atoms with E-state index in [0.29, 0.717) is 19.5 Å². The summed E-state index contributed by atoms with van der Waals surface area (Å²) in [4.78, 5) is 0. The van der Waals surface area contributed by atoms with Crippen LogP contribution in [0.3, 0.4) is 0 Å². The molecule has 0 radical (unpaired) electrons. The van der Waals surface area contributed by atoms with Gasteiger partial charge in [0.15, 0.2) is 0 Å². The van der Waals surface area contributed by atoms with Crippen molar-refractivity contribution in [1.82, 2.24) is 4.31 Å². The SMILES string of the molecule is CCCS(=O)(=O)N1CCCC[C@@H](c2ccc(Cl)cc2)C1. The highest BCUT2D eigenvalue weighted by atomic mass is 35.5. The highest BCUT2D eigenvalue weighted by Crippen LogP contribution is 2.28. The minimum atomic E-state index is -3.10. The first-order valence-corrected chi connectivity index (χ1v) is 9.25. The standard InChI is InChI=1S/C15H22ClNO2S/c1-2-11-20(18,19)17-10-4-3-5-14(12-17)13-6-8-15(16)9-7-13/h6-9,14H,2-5,10-12H2,1H3/t14-/m1/s1. The fraction of sp³-hybridized carbons (Fsp3) is 0.600. The summed E-state index contributed by atoms with van der Waals surface area (Å²) < 4.78 is 26.2. The van der Waals surface area contributed by atoms with E-state index in [9.17, 15) is 8.42 Å². The summed E-state index contributed by atoms with van der Waals surface area (Å²) in [5.74, 6) is 0.529. The summed E-state index contributed by atoms with van der Waals surface area (Å²) in [5, 5.41) is 0.720. The molecule has 1 aliphatic rings. The number of sulfonamides is 1. The molecular formula is C15H22ClNO2S. The zero-order valence-corrected chi connectivity index (χ0v) is 13.5. The van der Waals surface area contributed by atoms with E-state index in [-0.39, 0.29) is 11.7 Å². The van der Waals surface area contributed by atoms with E-state index in [2.05, 4.69) is 0 Å². The Labute approximate surface area is 127 Å². The smallest absolute Gasteiger partial charge is 0.212 e. The Morgan fingerprint density at radius 2 is 1.95 bits per heavy atom. The zero-order valence-electron chi connectivity index (χ0n) is 11.9. The molecule has 1 saturated heterocycles. The normalized spacial score (nSPS) is 21.6. The van der Waals surface area contributed by atoms with Crippen molar-refractivity contribution in [3.8, 4) is 0 Å². The van der Waals surface area contributed by atoms with Crippen LogP contribution < -0.4 is 0 Å². The molecule has 1 atom stereocenters. The summed E-state index contributed by atoms with van der Waals surface area (Å²) >= 11 is 5.92. The lowest BCUT2D eigenvalue weighted by molar-refractivity contribution is 0.406. The number of nitrogens with zero attached hydrogens (tertiary/aromatic N) is 1. The molecule has 0 bridgehead atoms. The quantitative estimate of drug-likeness (QED) is 0.850. The van der Waals surface area contributed by atoms with Crippen molar-refractivity contribution < 1.29 is 8.42 Å². The number of benzene rings is 1. The van der Waals surface area contributed by atoms with Crippen LogP contribution in [0.4, 0.5) is 0 Å². The van der Waals surface area contributed by atoms with Crippen molar-refractivity contribution >= 4 is 21.6 Å². The molecule has 0 spiro atoms. The molecular weight excluding hydrogens is 294 g/mol. The molecule has 20 heavy (non-hydrogen) atoms. The van der Waals surface area contributed by atoms with Gasteiger partial charge in [0.1, 0.15) is 0 Å². The maximum Gasteiger partial charge on any atom is 0.214 e. The Hall–Kier alpha value is -0.580. The van der Waals surface area contributed by atoms with Crippen molar-refractivity contribution in [2.45, 2.75) is 38.5 Å². The van der Waals surface area contributed by atoms with E-state index in [1.807, 2.05) is 31.2 Å². The topological polar surface area (TPSA) is 37.4 Å². The van der Waals surface area contributed by atoms with E-state index in [4.69, 9.17) is 11.6 Å². The third-order valence-corrected chi connectivity index (χ3v) is 6.13. The Kier molecular flexibility index (Phi) is 5.47. The highest BCUT2D eigenvalue weighted by Gasteiger charge is 2.27. The second kappa shape index (κ2) is 6.92. The van der Waals surface area contributed by atoms with E-state index >= 15 is 0 Å². The largest absolute Gasteiger partial charge is 0.214 e. The lowest BCUT2D eigenvalue weighted by atomic mass is 9.95.